The van der Waals surface area contributed by atoms with Crippen molar-refractivity contribution in [3.05, 3.63) is 0 Å². The Bertz CT molecular complexity index is 286. The second kappa shape index (κ2) is 17.3. The Morgan fingerprint density at radius 3 is 2.04 bits per heavy atom. The van der Waals surface area contributed by atoms with E-state index in [1.54, 1.807) is 0 Å². The fourth-order valence-electron chi connectivity index (χ4n) is 2.56. The smallest absolute Gasteiger partial charge is 0.303 e. The normalized spacial score (nSPS) is 14.4. The monoisotopic (exact) mass is 328 g/mol. The van der Waals surface area contributed by atoms with E-state index < -0.39 is 5.97 Å². The van der Waals surface area contributed by atoms with E-state index in [0.29, 0.717) is 6.42 Å². The number of hydrogen-bond acceptors (Lipinski definition) is 3. The molecule has 1 aliphatic rings. The van der Waals surface area contributed by atoms with Gasteiger partial charge in [-0.1, -0.05) is 51.4 Å². The fraction of sp³-hybridized carbons (Fsp3) is 0.889. The molecule has 1 saturated heterocycles. The summed E-state index contributed by atoms with van der Waals surface area (Å²) in [5.74, 6) is -0.445. The number of hydrogen-bond donors (Lipinski definition) is 3. The number of carbonyl (C=O) groups is 2. The molecule has 5 heteroatoms. The predicted octanol–water partition coefficient (Wildman–Crippen LogP) is 3.61. The molecule has 1 amide bonds. The fourth-order valence-corrected chi connectivity index (χ4v) is 2.56. The molecule has 4 N–H and O–H groups in total. The van der Waals surface area contributed by atoms with Gasteiger partial charge in [-0.15, -0.1) is 0 Å². The van der Waals surface area contributed by atoms with Gasteiger partial charge in [0.15, 0.2) is 0 Å². The Balaban J connectivity index is 0.000000502. The van der Waals surface area contributed by atoms with Crippen LogP contribution in [0.25, 0.3) is 0 Å². The molecule has 1 aliphatic heterocycles. The number of unbranched alkanes of at least 4 members (excludes halogenated alkanes) is 8. The number of nitrogens with one attached hydrogen (secondary N) is 1. The van der Waals surface area contributed by atoms with Crippen molar-refractivity contribution < 1.29 is 14.7 Å². The largest absolute Gasteiger partial charge is 0.481 e. The standard InChI is InChI=1S/C12H25NO2.C6H11NO/c13-11-9-7-5-3-1-2-4-6-8-10-12(14)15;8-6-4-2-1-3-5-7-6/h1-11,13H2,(H,14,15);1-5H2,(H,7,8). The molecule has 0 spiro atoms. The lowest BCUT2D eigenvalue weighted by Crippen LogP contribution is -2.21. The van der Waals surface area contributed by atoms with Crippen LogP contribution < -0.4 is 11.1 Å². The van der Waals surface area contributed by atoms with Crippen LogP contribution in [0, 0.1) is 0 Å². The van der Waals surface area contributed by atoms with E-state index in [0.717, 1.165) is 51.6 Å². The van der Waals surface area contributed by atoms with Crippen LogP contribution in [-0.2, 0) is 9.59 Å². The lowest BCUT2D eigenvalue weighted by Gasteiger charge is -2.01. The second-order valence-electron chi connectivity index (χ2n) is 6.28. The SMILES string of the molecule is NCCCCCCCCCCCC(=O)O.O=C1CCCCCN1. The zero-order chi connectivity index (χ0) is 17.2. The number of rotatable bonds is 11. The minimum atomic E-state index is -0.670. The van der Waals surface area contributed by atoms with Gasteiger partial charge >= 0.3 is 5.97 Å². The minimum Gasteiger partial charge on any atom is -0.481 e. The lowest BCUT2D eigenvalue weighted by atomic mass is 10.1. The lowest BCUT2D eigenvalue weighted by molar-refractivity contribution is -0.137. The molecule has 0 atom stereocenters. The van der Waals surface area contributed by atoms with Crippen LogP contribution in [0.5, 0.6) is 0 Å². The average molecular weight is 328 g/mol. The first-order valence-electron chi connectivity index (χ1n) is 9.35. The maximum absolute atomic E-state index is 10.6. The topological polar surface area (TPSA) is 92.4 Å². The first-order chi connectivity index (χ1) is 11.2. The first-order valence-corrected chi connectivity index (χ1v) is 9.35. The summed E-state index contributed by atoms with van der Waals surface area (Å²) in [4.78, 5) is 20.8. The van der Waals surface area contributed by atoms with Crippen molar-refractivity contribution >= 4 is 11.9 Å². The van der Waals surface area contributed by atoms with Crippen molar-refractivity contribution in [2.45, 2.75) is 89.9 Å². The van der Waals surface area contributed by atoms with Crippen LogP contribution in [0.3, 0.4) is 0 Å². The van der Waals surface area contributed by atoms with Crippen LogP contribution >= 0.6 is 0 Å². The van der Waals surface area contributed by atoms with E-state index in [1.807, 2.05) is 0 Å². The molecule has 1 rings (SSSR count). The van der Waals surface area contributed by atoms with Crippen molar-refractivity contribution in [2.24, 2.45) is 5.73 Å². The summed E-state index contributed by atoms with van der Waals surface area (Å²) in [6, 6.07) is 0. The van der Waals surface area contributed by atoms with Gasteiger partial charge in [0.25, 0.3) is 0 Å². The van der Waals surface area contributed by atoms with E-state index in [1.165, 1.54) is 44.9 Å². The van der Waals surface area contributed by atoms with E-state index in [2.05, 4.69) is 5.32 Å². The number of carbonyl (C=O) groups excluding carboxylic acids is 1. The molecule has 0 unspecified atom stereocenters. The zero-order valence-corrected chi connectivity index (χ0v) is 14.7. The molecule has 0 aliphatic carbocycles. The maximum atomic E-state index is 10.6. The summed E-state index contributed by atoms with van der Waals surface area (Å²) in [5, 5.41) is 11.2. The third kappa shape index (κ3) is 18.9. The molecule has 0 saturated carbocycles. The number of aliphatic carboxylic acids is 1. The van der Waals surface area contributed by atoms with E-state index in [9.17, 15) is 9.59 Å². The van der Waals surface area contributed by atoms with Crippen LogP contribution in [0.1, 0.15) is 89.9 Å². The van der Waals surface area contributed by atoms with Gasteiger partial charge in [-0.3, -0.25) is 9.59 Å². The Kier molecular flexibility index (Phi) is 16.4. The first kappa shape index (κ1) is 21.9. The van der Waals surface area contributed by atoms with Gasteiger partial charge in [-0.2, -0.15) is 0 Å². The molecule has 23 heavy (non-hydrogen) atoms. The number of amides is 1. The molecular formula is C18H36N2O3. The van der Waals surface area contributed by atoms with Gasteiger partial charge in [-0.25, -0.2) is 0 Å². The van der Waals surface area contributed by atoms with E-state index in [-0.39, 0.29) is 5.91 Å². The molecule has 136 valence electrons. The Morgan fingerprint density at radius 1 is 0.913 bits per heavy atom. The van der Waals surface area contributed by atoms with E-state index in [4.69, 9.17) is 10.8 Å². The number of carboxylic acid groups (broad SMARTS) is 1. The van der Waals surface area contributed by atoms with Crippen LogP contribution in [0.2, 0.25) is 0 Å². The Morgan fingerprint density at radius 2 is 1.48 bits per heavy atom. The molecule has 0 aromatic heterocycles. The van der Waals surface area contributed by atoms with Gasteiger partial charge in [-0.05, 0) is 32.2 Å². The van der Waals surface area contributed by atoms with Crippen molar-refractivity contribution in [1.82, 2.24) is 5.32 Å². The molecule has 0 radical (unpaired) electrons. The van der Waals surface area contributed by atoms with Gasteiger partial charge in [0.2, 0.25) is 5.91 Å². The quantitative estimate of drug-likeness (QED) is 0.505. The summed E-state index contributed by atoms with van der Waals surface area (Å²) in [7, 11) is 0. The van der Waals surface area contributed by atoms with Crippen molar-refractivity contribution in [2.75, 3.05) is 13.1 Å². The molecule has 0 aromatic rings. The highest BCUT2D eigenvalue weighted by atomic mass is 16.4. The highest BCUT2D eigenvalue weighted by Gasteiger charge is 2.03. The summed E-state index contributed by atoms with van der Waals surface area (Å²) >= 11 is 0. The van der Waals surface area contributed by atoms with Crippen molar-refractivity contribution in [3.63, 3.8) is 0 Å². The molecule has 1 fully saturated rings. The van der Waals surface area contributed by atoms with Gasteiger partial charge in [0.1, 0.15) is 0 Å². The molecule has 0 bridgehead atoms. The number of carboxylic acids is 1. The highest BCUT2D eigenvalue weighted by molar-refractivity contribution is 5.75. The summed E-state index contributed by atoms with van der Waals surface area (Å²) in [5.41, 5.74) is 5.40. The maximum Gasteiger partial charge on any atom is 0.303 e. The number of nitrogens with two attached hydrogens (primary N) is 1. The highest BCUT2D eigenvalue weighted by Crippen LogP contribution is 2.10. The van der Waals surface area contributed by atoms with Crippen LogP contribution in [0.4, 0.5) is 0 Å². The summed E-state index contributed by atoms with van der Waals surface area (Å²) in [6.07, 6.45) is 15.1. The van der Waals surface area contributed by atoms with Gasteiger partial charge < -0.3 is 16.2 Å². The third-order valence-corrected chi connectivity index (χ3v) is 4.00. The third-order valence-electron chi connectivity index (χ3n) is 4.00. The molecule has 1 heterocycles. The van der Waals surface area contributed by atoms with Crippen LogP contribution in [0.15, 0.2) is 0 Å². The molecule has 5 nitrogen and oxygen atoms in total. The average Bonchev–Trinajstić information content (AvgIpc) is 2.77. The minimum absolute atomic E-state index is 0.225. The van der Waals surface area contributed by atoms with Gasteiger partial charge in [0, 0.05) is 19.4 Å². The second-order valence-corrected chi connectivity index (χ2v) is 6.28. The Labute approximate surface area is 141 Å². The molecule has 0 aromatic carbocycles. The van der Waals surface area contributed by atoms with Crippen LogP contribution in [-0.4, -0.2) is 30.1 Å². The predicted molar refractivity (Wildman–Crippen MR) is 94.3 cm³/mol. The van der Waals surface area contributed by atoms with Crippen molar-refractivity contribution in [3.8, 4) is 0 Å². The van der Waals surface area contributed by atoms with E-state index >= 15 is 0 Å². The summed E-state index contributed by atoms with van der Waals surface area (Å²) < 4.78 is 0. The van der Waals surface area contributed by atoms with Gasteiger partial charge in [0.05, 0.1) is 0 Å². The zero-order valence-electron chi connectivity index (χ0n) is 14.7. The Hall–Kier alpha value is -1.10. The van der Waals surface area contributed by atoms with Crippen molar-refractivity contribution in [1.29, 1.82) is 0 Å². The summed E-state index contributed by atoms with van der Waals surface area (Å²) in [6.45, 7) is 1.70. The molecular weight excluding hydrogens is 292 g/mol.